The third-order valence-electron chi connectivity index (χ3n) is 3.42. The van der Waals surface area contributed by atoms with Crippen LogP contribution in [-0.2, 0) is 11.8 Å². The Kier molecular flexibility index (Phi) is 5.26. The van der Waals surface area contributed by atoms with Gasteiger partial charge in [0.05, 0.1) is 0 Å². The molecule has 102 valence electrons. The first-order valence-corrected chi connectivity index (χ1v) is 8.10. The van der Waals surface area contributed by atoms with Gasteiger partial charge in [0.1, 0.15) is 5.82 Å². The standard InChI is InChI=1S/C15H15Cl2FS/c16-10-15(11-17,6-4-12-5-7-19-9-12)13-2-1-3-14(18)8-13/h1-3,5,7-9H,4,6,10-11H2. The molecule has 0 radical (unpaired) electrons. The van der Waals surface area contributed by atoms with E-state index in [2.05, 4.69) is 16.8 Å². The molecule has 0 fully saturated rings. The van der Waals surface area contributed by atoms with Crippen LogP contribution in [0, 0.1) is 5.82 Å². The van der Waals surface area contributed by atoms with Crippen LogP contribution in [0.2, 0.25) is 0 Å². The highest BCUT2D eigenvalue weighted by Crippen LogP contribution is 2.33. The minimum absolute atomic E-state index is 0.243. The molecule has 0 amide bonds. The summed E-state index contributed by atoms with van der Waals surface area (Å²) in [7, 11) is 0. The predicted molar refractivity (Wildman–Crippen MR) is 82.2 cm³/mol. The maximum atomic E-state index is 13.4. The molecule has 2 aromatic rings. The summed E-state index contributed by atoms with van der Waals surface area (Å²) in [5.41, 5.74) is 1.79. The van der Waals surface area contributed by atoms with Gasteiger partial charge < -0.3 is 0 Å². The van der Waals surface area contributed by atoms with E-state index in [9.17, 15) is 4.39 Å². The highest BCUT2D eigenvalue weighted by molar-refractivity contribution is 7.07. The summed E-state index contributed by atoms with van der Waals surface area (Å²) >= 11 is 14.0. The normalized spacial score (nSPS) is 11.7. The van der Waals surface area contributed by atoms with Crippen LogP contribution in [0.1, 0.15) is 17.5 Å². The van der Waals surface area contributed by atoms with Gasteiger partial charge in [0, 0.05) is 17.2 Å². The number of thiophene rings is 1. The molecular formula is C15H15Cl2FS. The zero-order valence-corrected chi connectivity index (χ0v) is 12.7. The summed E-state index contributed by atoms with van der Waals surface area (Å²) in [6, 6.07) is 8.70. The van der Waals surface area contributed by atoms with E-state index >= 15 is 0 Å². The lowest BCUT2D eigenvalue weighted by molar-refractivity contribution is 0.488. The van der Waals surface area contributed by atoms with Crippen LogP contribution in [0.4, 0.5) is 4.39 Å². The molecule has 0 aliphatic rings. The predicted octanol–water partition coefficient (Wildman–Crippen LogP) is 5.24. The third kappa shape index (κ3) is 3.50. The van der Waals surface area contributed by atoms with Crippen molar-refractivity contribution in [3.8, 4) is 0 Å². The van der Waals surface area contributed by atoms with Crippen molar-refractivity contribution >= 4 is 34.5 Å². The number of halogens is 3. The molecule has 0 bridgehead atoms. The van der Waals surface area contributed by atoms with Gasteiger partial charge in [0.2, 0.25) is 0 Å². The Balaban J connectivity index is 2.21. The molecule has 0 atom stereocenters. The molecule has 1 aromatic carbocycles. The Morgan fingerprint density at radius 1 is 1.16 bits per heavy atom. The van der Waals surface area contributed by atoms with Crippen LogP contribution >= 0.6 is 34.5 Å². The van der Waals surface area contributed by atoms with Crippen molar-refractivity contribution in [2.24, 2.45) is 0 Å². The molecule has 0 unspecified atom stereocenters. The Labute approximate surface area is 127 Å². The van der Waals surface area contributed by atoms with Gasteiger partial charge in [0.25, 0.3) is 0 Å². The molecule has 0 N–H and O–H groups in total. The fraction of sp³-hybridized carbons (Fsp3) is 0.333. The monoisotopic (exact) mass is 316 g/mol. The number of benzene rings is 1. The minimum Gasteiger partial charge on any atom is -0.207 e. The smallest absolute Gasteiger partial charge is 0.123 e. The molecule has 0 saturated heterocycles. The van der Waals surface area contributed by atoms with Gasteiger partial charge in [-0.15, -0.1) is 23.2 Å². The minimum atomic E-state index is -0.368. The molecular weight excluding hydrogens is 302 g/mol. The number of hydrogen-bond donors (Lipinski definition) is 0. The summed E-state index contributed by atoms with van der Waals surface area (Å²) in [4.78, 5) is 0. The van der Waals surface area contributed by atoms with Crippen LogP contribution in [-0.4, -0.2) is 11.8 Å². The van der Waals surface area contributed by atoms with Crippen molar-refractivity contribution in [1.82, 2.24) is 0 Å². The number of aryl methyl sites for hydroxylation is 1. The first-order chi connectivity index (χ1) is 9.20. The molecule has 4 heteroatoms. The Hall–Kier alpha value is -0.570. The van der Waals surface area contributed by atoms with Crippen LogP contribution in [0.25, 0.3) is 0 Å². The molecule has 1 aromatic heterocycles. The molecule has 2 rings (SSSR count). The zero-order chi connectivity index (χ0) is 13.7. The van der Waals surface area contributed by atoms with Gasteiger partial charge >= 0.3 is 0 Å². The summed E-state index contributed by atoms with van der Waals surface area (Å²) in [6.07, 6.45) is 1.72. The van der Waals surface area contributed by atoms with Gasteiger partial charge in [-0.3, -0.25) is 0 Å². The van der Waals surface area contributed by atoms with Crippen LogP contribution in [0.5, 0.6) is 0 Å². The van der Waals surface area contributed by atoms with Gasteiger partial charge in [0.15, 0.2) is 0 Å². The van der Waals surface area contributed by atoms with E-state index in [1.165, 1.54) is 11.6 Å². The molecule has 0 saturated carbocycles. The van der Waals surface area contributed by atoms with Crippen LogP contribution in [0.15, 0.2) is 41.1 Å². The summed E-state index contributed by atoms with van der Waals surface area (Å²) in [5.74, 6) is 0.543. The second-order valence-electron chi connectivity index (χ2n) is 4.69. The van der Waals surface area contributed by atoms with E-state index in [0.29, 0.717) is 11.8 Å². The van der Waals surface area contributed by atoms with Crippen molar-refractivity contribution in [1.29, 1.82) is 0 Å². The Morgan fingerprint density at radius 3 is 2.53 bits per heavy atom. The number of rotatable bonds is 6. The van der Waals surface area contributed by atoms with E-state index in [-0.39, 0.29) is 11.2 Å². The second-order valence-corrected chi connectivity index (χ2v) is 6.00. The summed E-state index contributed by atoms with van der Waals surface area (Å²) in [5, 5.41) is 4.18. The van der Waals surface area contributed by atoms with Crippen molar-refractivity contribution in [2.75, 3.05) is 11.8 Å². The Bertz CT molecular complexity index is 507. The lowest BCUT2D eigenvalue weighted by Crippen LogP contribution is -2.31. The van der Waals surface area contributed by atoms with E-state index < -0.39 is 0 Å². The van der Waals surface area contributed by atoms with Gasteiger partial charge in [-0.05, 0) is 52.9 Å². The van der Waals surface area contributed by atoms with Crippen molar-refractivity contribution in [2.45, 2.75) is 18.3 Å². The lowest BCUT2D eigenvalue weighted by Gasteiger charge is -2.30. The molecule has 19 heavy (non-hydrogen) atoms. The first-order valence-electron chi connectivity index (χ1n) is 6.09. The molecule has 0 aliphatic heterocycles. The maximum Gasteiger partial charge on any atom is 0.123 e. The number of alkyl halides is 2. The Morgan fingerprint density at radius 2 is 1.95 bits per heavy atom. The zero-order valence-electron chi connectivity index (χ0n) is 10.4. The van der Waals surface area contributed by atoms with Crippen molar-refractivity contribution < 1.29 is 4.39 Å². The largest absolute Gasteiger partial charge is 0.207 e. The van der Waals surface area contributed by atoms with Gasteiger partial charge in [-0.2, -0.15) is 11.3 Å². The summed E-state index contributed by atoms with van der Waals surface area (Å²) in [6.45, 7) is 0. The molecule has 0 spiro atoms. The average Bonchev–Trinajstić information content (AvgIpc) is 2.94. The van der Waals surface area contributed by atoms with E-state index in [1.54, 1.807) is 23.5 Å². The van der Waals surface area contributed by atoms with E-state index in [0.717, 1.165) is 18.4 Å². The van der Waals surface area contributed by atoms with Crippen molar-refractivity contribution in [3.63, 3.8) is 0 Å². The lowest BCUT2D eigenvalue weighted by atomic mass is 9.79. The third-order valence-corrected chi connectivity index (χ3v) is 5.18. The topological polar surface area (TPSA) is 0 Å². The van der Waals surface area contributed by atoms with E-state index in [1.807, 2.05) is 6.07 Å². The molecule has 0 nitrogen and oxygen atoms in total. The highest BCUT2D eigenvalue weighted by Gasteiger charge is 2.30. The first kappa shape index (κ1) is 14.8. The van der Waals surface area contributed by atoms with Crippen LogP contribution in [0.3, 0.4) is 0 Å². The van der Waals surface area contributed by atoms with E-state index in [4.69, 9.17) is 23.2 Å². The fourth-order valence-electron chi connectivity index (χ4n) is 2.10. The second kappa shape index (κ2) is 6.74. The van der Waals surface area contributed by atoms with Crippen LogP contribution < -0.4 is 0 Å². The maximum absolute atomic E-state index is 13.4. The quantitative estimate of drug-likeness (QED) is 0.640. The van der Waals surface area contributed by atoms with Crippen molar-refractivity contribution in [3.05, 3.63) is 58.0 Å². The van der Waals surface area contributed by atoms with Gasteiger partial charge in [-0.1, -0.05) is 12.1 Å². The van der Waals surface area contributed by atoms with Gasteiger partial charge in [-0.25, -0.2) is 4.39 Å². The molecule has 0 aliphatic carbocycles. The number of hydrogen-bond acceptors (Lipinski definition) is 1. The highest BCUT2D eigenvalue weighted by atomic mass is 35.5. The molecule has 1 heterocycles. The fourth-order valence-corrected chi connectivity index (χ4v) is 3.67. The average molecular weight is 317 g/mol. The SMILES string of the molecule is Fc1cccc(C(CCl)(CCl)CCc2ccsc2)c1. The summed E-state index contributed by atoms with van der Waals surface area (Å²) < 4.78 is 13.4.